The highest BCUT2D eigenvalue weighted by Gasteiger charge is 2.12. The summed E-state index contributed by atoms with van der Waals surface area (Å²) in [6.07, 6.45) is 0. The quantitative estimate of drug-likeness (QED) is 0.771. The molecule has 0 saturated heterocycles. The molecule has 0 spiro atoms. The molecule has 0 saturated carbocycles. The molecule has 0 amide bonds. The van der Waals surface area contributed by atoms with Gasteiger partial charge in [0.05, 0.1) is 12.1 Å². The van der Waals surface area contributed by atoms with Gasteiger partial charge in [-0.3, -0.25) is 0 Å². The SMILES string of the molecule is CCn1c(CNc2ccc(Cl)cc2)nc2c(F)cccc21. The van der Waals surface area contributed by atoms with Gasteiger partial charge >= 0.3 is 0 Å². The van der Waals surface area contributed by atoms with Crippen molar-refractivity contribution in [1.29, 1.82) is 0 Å². The number of nitrogens with one attached hydrogen (secondary N) is 1. The predicted molar refractivity (Wildman–Crippen MR) is 84.1 cm³/mol. The van der Waals surface area contributed by atoms with E-state index in [-0.39, 0.29) is 5.82 Å². The van der Waals surface area contributed by atoms with Crippen LogP contribution in [0.25, 0.3) is 11.0 Å². The normalized spacial score (nSPS) is 11.0. The first-order chi connectivity index (χ1) is 10.2. The van der Waals surface area contributed by atoms with E-state index in [1.807, 2.05) is 41.8 Å². The van der Waals surface area contributed by atoms with Crippen LogP contribution in [0.4, 0.5) is 10.1 Å². The van der Waals surface area contributed by atoms with E-state index in [1.54, 1.807) is 6.07 Å². The molecule has 0 unspecified atom stereocenters. The van der Waals surface area contributed by atoms with Crippen molar-refractivity contribution in [3.8, 4) is 0 Å². The summed E-state index contributed by atoms with van der Waals surface area (Å²) >= 11 is 5.86. The Morgan fingerprint density at radius 1 is 1.19 bits per heavy atom. The van der Waals surface area contributed by atoms with Crippen LogP contribution in [0.1, 0.15) is 12.7 Å². The van der Waals surface area contributed by atoms with Gasteiger partial charge in [-0.15, -0.1) is 0 Å². The molecule has 21 heavy (non-hydrogen) atoms. The maximum atomic E-state index is 13.8. The number of aromatic nitrogens is 2. The van der Waals surface area contributed by atoms with Gasteiger partial charge in [0.2, 0.25) is 0 Å². The van der Waals surface area contributed by atoms with Crippen molar-refractivity contribution in [3.63, 3.8) is 0 Å². The van der Waals surface area contributed by atoms with Crippen molar-refractivity contribution in [2.75, 3.05) is 5.32 Å². The van der Waals surface area contributed by atoms with E-state index >= 15 is 0 Å². The molecule has 0 fully saturated rings. The maximum Gasteiger partial charge on any atom is 0.151 e. The van der Waals surface area contributed by atoms with Crippen LogP contribution in [0, 0.1) is 5.82 Å². The van der Waals surface area contributed by atoms with E-state index in [9.17, 15) is 4.39 Å². The Bertz CT molecular complexity index is 765. The molecule has 0 atom stereocenters. The van der Waals surface area contributed by atoms with E-state index in [1.165, 1.54) is 6.07 Å². The first-order valence-electron chi connectivity index (χ1n) is 6.82. The van der Waals surface area contributed by atoms with Crippen molar-refractivity contribution in [3.05, 3.63) is 59.1 Å². The summed E-state index contributed by atoms with van der Waals surface area (Å²) in [7, 11) is 0. The van der Waals surface area contributed by atoms with Crippen molar-refractivity contribution in [1.82, 2.24) is 9.55 Å². The molecular weight excluding hydrogens is 289 g/mol. The molecular formula is C16H15ClFN3. The molecule has 0 radical (unpaired) electrons. The summed E-state index contributed by atoms with van der Waals surface area (Å²) < 4.78 is 15.8. The summed E-state index contributed by atoms with van der Waals surface area (Å²) in [4.78, 5) is 4.42. The van der Waals surface area contributed by atoms with Gasteiger partial charge in [0.15, 0.2) is 5.82 Å². The van der Waals surface area contributed by atoms with Crippen LogP contribution in [-0.4, -0.2) is 9.55 Å². The van der Waals surface area contributed by atoms with Gasteiger partial charge in [0.25, 0.3) is 0 Å². The molecule has 0 aliphatic carbocycles. The Hall–Kier alpha value is -2.07. The summed E-state index contributed by atoms with van der Waals surface area (Å²) in [5, 5.41) is 3.98. The molecule has 0 aliphatic heterocycles. The van der Waals surface area contributed by atoms with E-state index in [0.29, 0.717) is 17.1 Å². The molecule has 5 heteroatoms. The Morgan fingerprint density at radius 2 is 1.95 bits per heavy atom. The third-order valence-electron chi connectivity index (χ3n) is 3.42. The van der Waals surface area contributed by atoms with E-state index < -0.39 is 0 Å². The minimum Gasteiger partial charge on any atom is -0.378 e. The van der Waals surface area contributed by atoms with Gasteiger partial charge in [-0.25, -0.2) is 9.37 Å². The molecule has 0 bridgehead atoms. The molecule has 0 aliphatic rings. The number of para-hydroxylation sites is 1. The van der Waals surface area contributed by atoms with Gasteiger partial charge < -0.3 is 9.88 Å². The summed E-state index contributed by atoms with van der Waals surface area (Å²) in [6.45, 7) is 3.30. The Balaban J connectivity index is 1.89. The molecule has 2 aromatic carbocycles. The second-order valence-corrected chi connectivity index (χ2v) is 5.18. The number of imidazole rings is 1. The lowest BCUT2D eigenvalue weighted by molar-refractivity contribution is 0.637. The van der Waals surface area contributed by atoms with Crippen molar-refractivity contribution < 1.29 is 4.39 Å². The lowest BCUT2D eigenvalue weighted by Crippen LogP contribution is -2.07. The molecule has 3 nitrogen and oxygen atoms in total. The first kappa shape index (κ1) is 13.9. The molecule has 1 heterocycles. The van der Waals surface area contributed by atoms with E-state index in [2.05, 4.69) is 10.3 Å². The number of benzene rings is 2. The zero-order valence-electron chi connectivity index (χ0n) is 11.6. The Morgan fingerprint density at radius 3 is 2.67 bits per heavy atom. The number of hydrogen-bond acceptors (Lipinski definition) is 2. The van der Waals surface area contributed by atoms with Crippen molar-refractivity contribution in [2.45, 2.75) is 20.0 Å². The lowest BCUT2D eigenvalue weighted by atomic mass is 10.3. The van der Waals surface area contributed by atoms with Crippen LogP contribution in [0.15, 0.2) is 42.5 Å². The molecule has 1 N–H and O–H groups in total. The average Bonchev–Trinajstić information content (AvgIpc) is 2.86. The number of nitrogens with zero attached hydrogens (tertiary/aromatic N) is 2. The molecule has 3 rings (SSSR count). The van der Waals surface area contributed by atoms with Crippen LogP contribution in [0.5, 0.6) is 0 Å². The van der Waals surface area contributed by atoms with Crippen LogP contribution >= 0.6 is 11.6 Å². The summed E-state index contributed by atoms with van der Waals surface area (Å²) in [5.41, 5.74) is 2.20. The van der Waals surface area contributed by atoms with Gasteiger partial charge in [-0.1, -0.05) is 17.7 Å². The highest BCUT2D eigenvalue weighted by atomic mass is 35.5. The highest BCUT2D eigenvalue weighted by molar-refractivity contribution is 6.30. The fourth-order valence-electron chi connectivity index (χ4n) is 2.40. The van der Waals surface area contributed by atoms with Crippen molar-refractivity contribution in [2.24, 2.45) is 0 Å². The monoisotopic (exact) mass is 303 g/mol. The molecule has 108 valence electrons. The van der Waals surface area contributed by atoms with Crippen LogP contribution in [0.2, 0.25) is 5.02 Å². The van der Waals surface area contributed by atoms with Crippen LogP contribution in [-0.2, 0) is 13.1 Å². The minimum atomic E-state index is -0.285. The summed E-state index contributed by atoms with van der Waals surface area (Å²) in [6, 6.07) is 12.5. The van der Waals surface area contributed by atoms with Gasteiger partial charge in [0, 0.05) is 17.3 Å². The number of anilines is 1. The average molecular weight is 304 g/mol. The van der Waals surface area contributed by atoms with E-state index in [0.717, 1.165) is 23.6 Å². The van der Waals surface area contributed by atoms with Gasteiger partial charge in [-0.05, 0) is 43.3 Å². The van der Waals surface area contributed by atoms with Crippen LogP contribution in [0.3, 0.4) is 0 Å². The fraction of sp³-hybridized carbons (Fsp3) is 0.188. The lowest BCUT2D eigenvalue weighted by Gasteiger charge is -2.08. The number of halogens is 2. The fourth-order valence-corrected chi connectivity index (χ4v) is 2.52. The number of fused-ring (bicyclic) bond motifs is 1. The highest BCUT2D eigenvalue weighted by Crippen LogP contribution is 2.20. The topological polar surface area (TPSA) is 29.9 Å². The summed E-state index contributed by atoms with van der Waals surface area (Å²) in [5.74, 6) is 0.528. The second kappa shape index (κ2) is 5.74. The van der Waals surface area contributed by atoms with Gasteiger partial charge in [-0.2, -0.15) is 0 Å². The predicted octanol–water partition coefficient (Wildman–Crippen LogP) is 4.46. The molecule has 3 aromatic rings. The molecule has 1 aromatic heterocycles. The number of rotatable bonds is 4. The van der Waals surface area contributed by atoms with Crippen LogP contribution < -0.4 is 5.32 Å². The van der Waals surface area contributed by atoms with Crippen molar-refractivity contribution >= 4 is 28.3 Å². The number of aryl methyl sites for hydroxylation is 1. The second-order valence-electron chi connectivity index (χ2n) is 4.74. The number of hydrogen-bond donors (Lipinski definition) is 1. The zero-order valence-corrected chi connectivity index (χ0v) is 12.4. The zero-order chi connectivity index (χ0) is 14.8. The largest absolute Gasteiger partial charge is 0.378 e. The third-order valence-corrected chi connectivity index (χ3v) is 3.67. The van der Waals surface area contributed by atoms with Gasteiger partial charge in [0.1, 0.15) is 11.3 Å². The minimum absolute atomic E-state index is 0.285. The third kappa shape index (κ3) is 2.72. The Kier molecular flexibility index (Phi) is 3.80. The smallest absolute Gasteiger partial charge is 0.151 e. The van der Waals surface area contributed by atoms with E-state index in [4.69, 9.17) is 11.6 Å². The Labute approximate surface area is 127 Å². The first-order valence-corrected chi connectivity index (χ1v) is 7.20. The maximum absolute atomic E-state index is 13.8. The standard InChI is InChI=1S/C16H15ClFN3/c1-2-21-14-5-3-4-13(18)16(14)20-15(21)10-19-12-8-6-11(17)7-9-12/h3-9,19H,2,10H2,1H3.